The van der Waals surface area contributed by atoms with Crippen molar-refractivity contribution in [2.75, 3.05) is 24.6 Å². The van der Waals surface area contributed by atoms with Crippen molar-refractivity contribution < 1.29 is 4.74 Å². The number of nitrogens with zero attached hydrogens (tertiary/aromatic N) is 2. The number of benzene rings is 1. The van der Waals surface area contributed by atoms with E-state index in [9.17, 15) is 0 Å². The average Bonchev–Trinajstić information content (AvgIpc) is 2.55. The lowest BCUT2D eigenvalue weighted by Gasteiger charge is -2.34. The standard InChI is InChI=1S/C17H21ClN2O/c1-2-21-14-7-9-20(10-8-14)17-11-13(12-18)19-16-6-4-3-5-15(16)17/h3-6,11,14H,2,7-10,12H2,1H3. The van der Waals surface area contributed by atoms with Crippen molar-refractivity contribution in [1.82, 2.24) is 4.98 Å². The second-order valence-corrected chi connectivity index (χ2v) is 5.69. The van der Waals surface area contributed by atoms with E-state index in [1.165, 1.54) is 11.1 Å². The van der Waals surface area contributed by atoms with Gasteiger partial charge in [-0.05, 0) is 31.9 Å². The van der Waals surface area contributed by atoms with Crippen LogP contribution in [0.3, 0.4) is 0 Å². The van der Waals surface area contributed by atoms with Crippen molar-refractivity contribution in [2.45, 2.75) is 31.7 Å². The lowest BCUT2D eigenvalue weighted by atomic mass is 10.0. The maximum absolute atomic E-state index is 6.00. The SMILES string of the molecule is CCOC1CCN(c2cc(CCl)nc3ccccc23)CC1. The molecule has 3 rings (SSSR count). The molecule has 1 aliphatic rings. The molecule has 21 heavy (non-hydrogen) atoms. The summed E-state index contributed by atoms with van der Waals surface area (Å²) in [6.45, 7) is 4.93. The molecule has 0 atom stereocenters. The van der Waals surface area contributed by atoms with Crippen molar-refractivity contribution in [1.29, 1.82) is 0 Å². The molecule has 0 amide bonds. The third-order valence-corrected chi connectivity index (χ3v) is 4.34. The van der Waals surface area contributed by atoms with E-state index in [1.807, 2.05) is 6.07 Å². The zero-order valence-corrected chi connectivity index (χ0v) is 13.1. The summed E-state index contributed by atoms with van der Waals surface area (Å²) in [5.41, 5.74) is 3.22. The molecular formula is C17H21ClN2O. The third kappa shape index (κ3) is 3.14. The van der Waals surface area contributed by atoms with Crippen molar-refractivity contribution in [2.24, 2.45) is 0 Å². The molecule has 0 N–H and O–H groups in total. The second-order valence-electron chi connectivity index (χ2n) is 5.43. The molecule has 112 valence electrons. The molecule has 1 saturated heterocycles. The minimum absolute atomic E-state index is 0.409. The summed E-state index contributed by atoms with van der Waals surface area (Å²) in [5, 5.41) is 1.21. The van der Waals surface area contributed by atoms with Crippen LogP contribution in [0.4, 0.5) is 5.69 Å². The Bertz CT molecular complexity index is 609. The van der Waals surface area contributed by atoms with Crippen molar-refractivity contribution in [3.63, 3.8) is 0 Å². The summed E-state index contributed by atoms with van der Waals surface area (Å²) in [5.74, 6) is 0.452. The average molecular weight is 305 g/mol. The smallest absolute Gasteiger partial charge is 0.0726 e. The van der Waals surface area contributed by atoms with Gasteiger partial charge in [0.2, 0.25) is 0 Å². The molecule has 0 radical (unpaired) electrons. The Labute approximate surface area is 130 Å². The number of ether oxygens (including phenoxy) is 1. The fraction of sp³-hybridized carbons (Fsp3) is 0.471. The largest absolute Gasteiger partial charge is 0.378 e. The van der Waals surface area contributed by atoms with Crippen LogP contribution in [0.2, 0.25) is 0 Å². The van der Waals surface area contributed by atoms with Crippen LogP contribution >= 0.6 is 11.6 Å². The molecule has 1 aliphatic heterocycles. The summed E-state index contributed by atoms with van der Waals surface area (Å²) in [4.78, 5) is 7.05. The van der Waals surface area contributed by atoms with E-state index >= 15 is 0 Å². The molecule has 0 spiro atoms. The normalized spacial score (nSPS) is 16.6. The monoisotopic (exact) mass is 304 g/mol. The summed E-state index contributed by atoms with van der Waals surface area (Å²) >= 11 is 6.00. The van der Waals surface area contributed by atoms with Gasteiger partial charge in [-0.25, -0.2) is 0 Å². The molecule has 0 bridgehead atoms. The highest BCUT2D eigenvalue weighted by Crippen LogP contribution is 2.30. The van der Waals surface area contributed by atoms with E-state index in [-0.39, 0.29) is 0 Å². The zero-order valence-electron chi connectivity index (χ0n) is 12.4. The van der Waals surface area contributed by atoms with Gasteiger partial charge in [-0.3, -0.25) is 4.98 Å². The maximum Gasteiger partial charge on any atom is 0.0726 e. The highest BCUT2D eigenvalue weighted by atomic mass is 35.5. The number of pyridine rings is 1. The van der Waals surface area contributed by atoms with Crippen molar-refractivity contribution in [3.8, 4) is 0 Å². The third-order valence-electron chi connectivity index (χ3n) is 4.07. The number of hydrogen-bond acceptors (Lipinski definition) is 3. The molecule has 0 aliphatic carbocycles. The molecule has 1 aromatic heterocycles. The molecule has 4 heteroatoms. The molecule has 2 aromatic rings. The van der Waals surface area contributed by atoms with Crippen molar-refractivity contribution >= 4 is 28.2 Å². The van der Waals surface area contributed by atoms with Crippen LogP contribution in [0.1, 0.15) is 25.5 Å². The second kappa shape index (κ2) is 6.63. The molecule has 3 nitrogen and oxygen atoms in total. The fourth-order valence-corrected chi connectivity index (χ4v) is 3.18. The van der Waals surface area contributed by atoms with Crippen LogP contribution in [0, 0.1) is 0 Å². The number of rotatable bonds is 4. The summed E-state index contributed by atoms with van der Waals surface area (Å²) < 4.78 is 5.74. The van der Waals surface area contributed by atoms with Crippen LogP contribution in [0.5, 0.6) is 0 Å². The zero-order chi connectivity index (χ0) is 14.7. The molecule has 0 saturated carbocycles. The molecule has 1 fully saturated rings. The first kappa shape index (κ1) is 14.6. The van der Waals surface area contributed by atoms with Gasteiger partial charge < -0.3 is 9.64 Å². The van der Waals surface area contributed by atoms with Gasteiger partial charge in [-0.2, -0.15) is 0 Å². The number of fused-ring (bicyclic) bond motifs is 1. The van der Waals surface area contributed by atoms with Gasteiger partial charge in [0.15, 0.2) is 0 Å². The number of halogens is 1. The van der Waals surface area contributed by atoms with Crippen molar-refractivity contribution in [3.05, 3.63) is 36.0 Å². The van der Waals surface area contributed by atoms with Gasteiger partial charge in [0.1, 0.15) is 0 Å². The lowest BCUT2D eigenvalue weighted by molar-refractivity contribution is 0.0459. The first-order chi connectivity index (χ1) is 10.3. The summed E-state index contributed by atoms with van der Waals surface area (Å²) in [6, 6.07) is 10.4. The Kier molecular flexibility index (Phi) is 4.61. The van der Waals surface area contributed by atoms with E-state index in [1.54, 1.807) is 0 Å². The van der Waals surface area contributed by atoms with Crippen LogP contribution in [-0.2, 0) is 10.6 Å². The number of aromatic nitrogens is 1. The topological polar surface area (TPSA) is 25.4 Å². The minimum atomic E-state index is 0.409. The molecule has 1 aromatic carbocycles. The van der Waals surface area contributed by atoms with E-state index in [2.05, 4.69) is 41.1 Å². The van der Waals surface area contributed by atoms with Crippen LogP contribution in [0.25, 0.3) is 10.9 Å². The van der Waals surface area contributed by atoms with Crippen LogP contribution in [-0.4, -0.2) is 30.8 Å². The number of hydrogen-bond donors (Lipinski definition) is 0. The van der Waals surface area contributed by atoms with Gasteiger partial charge in [0.25, 0.3) is 0 Å². The van der Waals surface area contributed by atoms with E-state index in [0.29, 0.717) is 12.0 Å². The Morgan fingerprint density at radius 1 is 1.29 bits per heavy atom. The minimum Gasteiger partial charge on any atom is -0.378 e. The number of alkyl halides is 1. The van der Waals surface area contributed by atoms with Gasteiger partial charge in [0, 0.05) is 30.8 Å². The van der Waals surface area contributed by atoms with Crippen LogP contribution < -0.4 is 4.90 Å². The fourth-order valence-electron chi connectivity index (χ4n) is 3.04. The number of piperidine rings is 1. The van der Waals surface area contributed by atoms with Gasteiger partial charge >= 0.3 is 0 Å². The maximum atomic E-state index is 6.00. The molecule has 0 unspecified atom stereocenters. The van der Waals surface area contributed by atoms with Gasteiger partial charge in [-0.1, -0.05) is 18.2 Å². The van der Waals surface area contributed by atoms with Crippen LogP contribution in [0.15, 0.2) is 30.3 Å². The predicted octanol–water partition coefficient (Wildman–Crippen LogP) is 3.98. The van der Waals surface area contributed by atoms with Gasteiger partial charge in [-0.15, -0.1) is 11.6 Å². The summed E-state index contributed by atoms with van der Waals surface area (Å²) in [6.07, 6.45) is 2.58. The first-order valence-electron chi connectivity index (χ1n) is 7.63. The van der Waals surface area contributed by atoms with E-state index < -0.39 is 0 Å². The van der Waals surface area contributed by atoms with E-state index in [0.717, 1.165) is 43.7 Å². The Balaban J connectivity index is 1.89. The predicted molar refractivity (Wildman–Crippen MR) is 88.2 cm³/mol. The van der Waals surface area contributed by atoms with Gasteiger partial charge in [0.05, 0.1) is 23.2 Å². The quantitative estimate of drug-likeness (QED) is 0.799. The summed E-state index contributed by atoms with van der Waals surface area (Å²) in [7, 11) is 0. The Morgan fingerprint density at radius 2 is 2.05 bits per heavy atom. The number of para-hydroxylation sites is 1. The Morgan fingerprint density at radius 3 is 2.76 bits per heavy atom. The molecule has 2 heterocycles. The molecular weight excluding hydrogens is 284 g/mol. The Hall–Kier alpha value is -1.32. The first-order valence-corrected chi connectivity index (χ1v) is 8.16. The highest BCUT2D eigenvalue weighted by Gasteiger charge is 2.21. The van der Waals surface area contributed by atoms with E-state index in [4.69, 9.17) is 16.3 Å². The highest BCUT2D eigenvalue weighted by molar-refractivity contribution is 6.17. The number of anilines is 1. The lowest BCUT2D eigenvalue weighted by Crippen LogP contribution is -2.37.